The number of carbonyl (C=O) groups is 2. The van der Waals surface area contributed by atoms with E-state index in [2.05, 4.69) is 5.32 Å². The lowest BCUT2D eigenvalue weighted by Crippen LogP contribution is -2.57. The van der Waals surface area contributed by atoms with Crippen LogP contribution in [0.25, 0.3) is 0 Å². The number of nitrogens with zero attached hydrogens (tertiary/aromatic N) is 1. The normalized spacial score (nSPS) is 30.1. The Kier molecular flexibility index (Phi) is 4.99. The first-order valence-electron chi connectivity index (χ1n) is 7.60. The SMILES string of the molecule is NCC1CCCCC12NC(=O)N(CCCCCO)C2=O. The molecule has 3 amide bonds. The molecular formula is C14H25N3O3. The number of nitrogens with two attached hydrogens (primary N) is 1. The summed E-state index contributed by atoms with van der Waals surface area (Å²) in [7, 11) is 0. The lowest BCUT2D eigenvalue weighted by Gasteiger charge is -2.38. The highest BCUT2D eigenvalue weighted by molar-refractivity contribution is 6.07. The number of hydrogen-bond donors (Lipinski definition) is 3. The second-order valence-electron chi connectivity index (χ2n) is 5.82. The number of rotatable bonds is 6. The molecule has 0 aromatic carbocycles. The Morgan fingerprint density at radius 1 is 1.30 bits per heavy atom. The summed E-state index contributed by atoms with van der Waals surface area (Å²) in [5, 5.41) is 11.7. The van der Waals surface area contributed by atoms with E-state index in [1.807, 2.05) is 0 Å². The van der Waals surface area contributed by atoms with Crippen LogP contribution in [0.4, 0.5) is 4.79 Å². The number of aliphatic hydroxyl groups excluding tert-OH is 1. The van der Waals surface area contributed by atoms with Gasteiger partial charge in [-0.05, 0) is 38.6 Å². The van der Waals surface area contributed by atoms with Gasteiger partial charge < -0.3 is 16.2 Å². The Hall–Kier alpha value is -1.14. The minimum absolute atomic E-state index is 0.0511. The van der Waals surface area contributed by atoms with Gasteiger partial charge in [-0.15, -0.1) is 0 Å². The standard InChI is InChI=1S/C14H25N3O3/c15-10-11-6-2-3-7-14(11)12(19)17(13(20)16-14)8-4-1-5-9-18/h11,18H,1-10,15H2,(H,16,20). The number of unbranched alkanes of at least 4 members (excludes halogenated alkanes) is 2. The van der Waals surface area contributed by atoms with Gasteiger partial charge in [0.25, 0.3) is 5.91 Å². The predicted octanol–water partition coefficient (Wildman–Crippen LogP) is 0.588. The van der Waals surface area contributed by atoms with E-state index in [4.69, 9.17) is 10.8 Å². The van der Waals surface area contributed by atoms with Crippen LogP contribution in [0.1, 0.15) is 44.9 Å². The Balaban J connectivity index is 2.03. The number of urea groups is 1. The third kappa shape index (κ3) is 2.67. The van der Waals surface area contributed by atoms with E-state index in [0.29, 0.717) is 25.9 Å². The maximum absolute atomic E-state index is 12.7. The summed E-state index contributed by atoms with van der Waals surface area (Å²) in [5.41, 5.74) is 5.05. The zero-order valence-corrected chi connectivity index (χ0v) is 11.9. The molecule has 20 heavy (non-hydrogen) atoms. The van der Waals surface area contributed by atoms with Crippen LogP contribution >= 0.6 is 0 Å². The van der Waals surface area contributed by atoms with Crippen molar-refractivity contribution in [3.05, 3.63) is 0 Å². The van der Waals surface area contributed by atoms with Crippen molar-refractivity contribution >= 4 is 11.9 Å². The van der Waals surface area contributed by atoms with E-state index >= 15 is 0 Å². The average Bonchev–Trinajstić information content (AvgIpc) is 2.68. The highest BCUT2D eigenvalue weighted by Crippen LogP contribution is 2.38. The highest BCUT2D eigenvalue weighted by atomic mass is 16.3. The molecule has 0 aromatic heterocycles. The summed E-state index contributed by atoms with van der Waals surface area (Å²) in [4.78, 5) is 26.1. The first-order valence-corrected chi connectivity index (χ1v) is 7.60. The number of carbonyl (C=O) groups excluding carboxylic acids is 2. The van der Waals surface area contributed by atoms with Crippen LogP contribution in [0.3, 0.4) is 0 Å². The molecule has 4 N–H and O–H groups in total. The highest BCUT2D eigenvalue weighted by Gasteiger charge is 2.55. The average molecular weight is 283 g/mol. The fraction of sp³-hybridized carbons (Fsp3) is 0.857. The fourth-order valence-corrected chi connectivity index (χ4v) is 3.42. The van der Waals surface area contributed by atoms with Crippen molar-refractivity contribution in [2.45, 2.75) is 50.5 Å². The smallest absolute Gasteiger partial charge is 0.325 e. The van der Waals surface area contributed by atoms with Gasteiger partial charge in [0.2, 0.25) is 0 Å². The van der Waals surface area contributed by atoms with Crippen LogP contribution in [-0.4, -0.2) is 47.2 Å². The van der Waals surface area contributed by atoms with E-state index in [1.54, 1.807) is 0 Å². The van der Waals surface area contributed by atoms with Gasteiger partial charge in [-0.3, -0.25) is 9.69 Å². The quantitative estimate of drug-likeness (QED) is 0.491. The fourth-order valence-electron chi connectivity index (χ4n) is 3.42. The van der Waals surface area contributed by atoms with Crippen molar-refractivity contribution < 1.29 is 14.7 Å². The van der Waals surface area contributed by atoms with Crippen LogP contribution in [0.15, 0.2) is 0 Å². The van der Waals surface area contributed by atoms with Crippen molar-refractivity contribution in [3.8, 4) is 0 Å². The number of amides is 3. The number of imide groups is 1. The molecule has 1 saturated heterocycles. The third-order valence-electron chi connectivity index (χ3n) is 4.60. The van der Waals surface area contributed by atoms with Gasteiger partial charge >= 0.3 is 6.03 Å². The molecule has 114 valence electrons. The van der Waals surface area contributed by atoms with Crippen molar-refractivity contribution in [1.82, 2.24) is 10.2 Å². The molecule has 1 saturated carbocycles. The Morgan fingerprint density at radius 2 is 2.10 bits per heavy atom. The summed E-state index contributed by atoms with van der Waals surface area (Å²) < 4.78 is 0. The van der Waals surface area contributed by atoms with Gasteiger partial charge in [-0.1, -0.05) is 12.8 Å². The maximum Gasteiger partial charge on any atom is 0.325 e. The molecule has 0 radical (unpaired) electrons. The second kappa shape index (κ2) is 6.54. The molecule has 1 spiro atoms. The minimum Gasteiger partial charge on any atom is -0.396 e. The molecule has 0 bridgehead atoms. The van der Waals surface area contributed by atoms with E-state index in [-0.39, 0.29) is 24.5 Å². The molecule has 2 rings (SSSR count). The minimum atomic E-state index is -0.749. The molecule has 2 atom stereocenters. The maximum atomic E-state index is 12.7. The predicted molar refractivity (Wildman–Crippen MR) is 74.9 cm³/mol. The van der Waals surface area contributed by atoms with Crippen LogP contribution in [-0.2, 0) is 4.79 Å². The summed E-state index contributed by atoms with van der Waals surface area (Å²) in [6, 6.07) is -0.278. The molecule has 1 aliphatic heterocycles. The summed E-state index contributed by atoms with van der Waals surface area (Å²) in [5.74, 6) is -0.0446. The van der Waals surface area contributed by atoms with Crippen molar-refractivity contribution in [3.63, 3.8) is 0 Å². The van der Waals surface area contributed by atoms with E-state index in [1.165, 1.54) is 4.90 Å². The zero-order valence-electron chi connectivity index (χ0n) is 11.9. The van der Waals surface area contributed by atoms with Crippen LogP contribution < -0.4 is 11.1 Å². The molecule has 6 heteroatoms. The van der Waals surface area contributed by atoms with Gasteiger partial charge in [0.1, 0.15) is 5.54 Å². The Labute approximate surface area is 119 Å². The van der Waals surface area contributed by atoms with Gasteiger partial charge in [0.05, 0.1) is 0 Å². The van der Waals surface area contributed by atoms with Crippen LogP contribution in [0, 0.1) is 5.92 Å². The van der Waals surface area contributed by atoms with Crippen LogP contribution in [0.2, 0.25) is 0 Å². The van der Waals surface area contributed by atoms with E-state index < -0.39 is 5.54 Å². The monoisotopic (exact) mass is 283 g/mol. The second-order valence-corrected chi connectivity index (χ2v) is 5.82. The largest absolute Gasteiger partial charge is 0.396 e. The van der Waals surface area contributed by atoms with Gasteiger partial charge in [0, 0.05) is 19.1 Å². The number of hydrogen-bond acceptors (Lipinski definition) is 4. The number of aliphatic hydroxyl groups is 1. The molecule has 6 nitrogen and oxygen atoms in total. The number of nitrogens with one attached hydrogen (secondary N) is 1. The summed E-state index contributed by atoms with van der Waals surface area (Å²) in [6.45, 7) is 1.02. The summed E-state index contributed by atoms with van der Waals surface area (Å²) in [6.07, 6.45) is 5.90. The topological polar surface area (TPSA) is 95.7 Å². The molecule has 1 heterocycles. The molecule has 0 aromatic rings. The third-order valence-corrected chi connectivity index (χ3v) is 4.60. The Bertz CT molecular complexity index is 375. The van der Waals surface area contributed by atoms with Crippen molar-refractivity contribution in [2.24, 2.45) is 11.7 Å². The first-order chi connectivity index (χ1) is 9.65. The van der Waals surface area contributed by atoms with Crippen LogP contribution in [0.5, 0.6) is 0 Å². The lowest BCUT2D eigenvalue weighted by molar-refractivity contribution is -0.134. The van der Waals surface area contributed by atoms with Gasteiger partial charge in [-0.25, -0.2) is 4.79 Å². The zero-order chi connectivity index (χ0) is 14.6. The van der Waals surface area contributed by atoms with Gasteiger partial charge in [-0.2, -0.15) is 0 Å². The molecular weight excluding hydrogens is 258 g/mol. The lowest BCUT2D eigenvalue weighted by atomic mass is 9.72. The van der Waals surface area contributed by atoms with Crippen molar-refractivity contribution in [2.75, 3.05) is 19.7 Å². The molecule has 2 aliphatic rings. The van der Waals surface area contributed by atoms with E-state index in [0.717, 1.165) is 32.1 Å². The van der Waals surface area contributed by atoms with Gasteiger partial charge in [0.15, 0.2) is 0 Å². The molecule has 2 unspecified atom stereocenters. The summed E-state index contributed by atoms with van der Waals surface area (Å²) >= 11 is 0. The van der Waals surface area contributed by atoms with Crippen molar-refractivity contribution in [1.29, 1.82) is 0 Å². The Morgan fingerprint density at radius 3 is 2.80 bits per heavy atom. The first kappa shape index (κ1) is 15.3. The molecule has 2 fully saturated rings. The molecule has 1 aliphatic carbocycles. The van der Waals surface area contributed by atoms with E-state index in [9.17, 15) is 9.59 Å².